The van der Waals surface area contributed by atoms with Gasteiger partial charge >= 0.3 is 0 Å². The van der Waals surface area contributed by atoms with E-state index in [0.29, 0.717) is 5.41 Å². The number of nitrogens with zero attached hydrogens (tertiary/aromatic N) is 2. The smallest absolute Gasteiger partial charge is 0.0597 e. The predicted octanol–water partition coefficient (Wildman–Crippen LogP) is 2.01. The molecular formula is C12H21N3. The Morgan fingerprint density at radius 1 is 1.53 bits per heavy atom. The lowest BCUT2D eigenvalue weighted by molar-refractivity contribution is 0.438. The summed E-state index contributed by atoms with van der Waals surface area (Å²) in [6.07, 6.45) is 4.12. The minimum Gasteiger partial charge on any atom is -0.311 e. The average molecular weight is 207 g/mol. The van der Waals surface area contributed by atoms with Gasteiger partial charge in [0.1, 0.15) is 0 Å². The highest BCUT2D eigenvalue weighted by molar-refractivity contribution is 5.08. The van der Waals surface area contributed by atoms with Crippen molar-refractivity contribution >= 4 is 0 Å². The van der Waals surface area contributed by atoms with Crippen molar-refractivity contribution in [2.75, 3.05) is 6.54 Å². The molecule has 84 valence electrons. The molecule has 1 saturated carbocycles. The van der Waals surface area contributed by atoms with Gasteiger partial charge in [-0.1, -0.05) is 6.92 Å². The van der Waals surface area contributed by atoms with Gasteiger partial charge in [0.25, 0.3) is 0 Å². The van der Waals surface area contributed by atoms with Gasteiger partial charge in [0, 0.05) is 20.1 Å². The summed E-state index contributed by atoms with van der Waals surface area (Å²) in [4.78, 5) is 0. The lowest BCUT2D eigenvalue weighted by Crippen LogP contribution is -2.24. The molecule has 1 fully saturated rings. The van der Waals surface area contributed by atoms with Crippen molar-refractivity contribution < 1.29 is 0 Å². The first kappa shape index (κ1) is 10.7. The van der Waals surface area contributed by atoms with Crippen LogP contribution in [0.2, 0.25) is 0 Å². The van der Waals surface area contributed by atoms with E-state index in [1.54, 1.807) is 0 Å². The Kier molecular flexibility index (Phi) is 2.83. The Balaban J connectivity index is 1.81. The second kappa shape index (κ2) is 3.97. The maximum atomic E-state index is 4.34. The molecule has 1 aromatic heterocycles. The summed E-state index contributed by atoms with van der Waals surface area (Å²) in [5.41, 5.74) is 3.01. The topological polar surface area (TPSA) is 29.9 Å². The monoisotopic (exact) mass is 207 g/mol. The van der Waals surface area contributed by atoms with Crippen molar-refractivity contribution in [1.82, 2.24) is 15.1 Å². The minimum absolute atomic E-state index is 0.633. The van der Waals surface area contributed by atoms with E-state index in [-0.39, 0.29) is 0 Å². The molecule has 0 saturated heterocycles. The average Bonchev–Trinajstić information content (AvgIpc) is 2.90. The first-order chi connectivity index (χ1) is 7.15. The zero-order valence-corrected chi connectivity index (χ0v) is 10.0. The van der Waals surface area contributed by atoms with Crippen molar-refractivity contribution in [3.8, 4) is 0 Å². The number of aryl methyl sites for hydroxylation is 2. The quantitative estimate of drug-likeness (QED) is 0.800. The number of hydrogen-bond acceptors (Lipinski definition) is 2. The van der Waals surface area contributed by atoms with Crippen LogP contribution < -0.4 is 5.32 Å². The van der Waals surface area contributed by atoms with Crippen LogP contribution in [-0.2, 0) is 13.6 Å². The van der Waals surface area contributed by atoms with Crippen LogP contribution in [0.15, 0.2) is 6.07 Å². The molecule has 0 bridgehead atoms. The molecule has 1 heterocycles. The van der Waals surface area contributed by atoms with Crippen LogP contribution in [0.25, 0.3) is 0 Å². The summed E-state index contributed by atoms with van der Waals surface area (Å²) in [6, 6.07) is 2.15. The normalized spacial score (nSPS) is 18.1. The van der Waals surface area contributed by atoms with Gasteiger partial charge in [-0.25, -0.2) is 0 Å². The van der Waals surface area contributed by atoms with Crippen molar-refractivity contribution in [2.45, 2.75) is 39.7 Å². The molecule has 3 nitrogen and oxygen atoms in total. The van der Waals surface area contributed by atoms with Crippen LogP contribution in [0.4, 0.5) is 0 Å². The van der Waals surface area contributed by atoms with Crippen LogP contribution in [-0.4, -0.2) is 16.3 Å². The summed E-state index contributed by atoms with van der Waals surface area (Å²) in [5.74, 6) is 0. The number of aromatic nitrogens is 2. The Hall–Kier alpha value is -0.830. The van der Waals surface area contributed by atoms with Crippen molar-refractivity contribution in [1.29, 1.82) is 0 Å². The van der Waals surface area contributed by atoms with E-state index in [0.717, 1.165) is 18.8 Å². The first-order valence-corrected chi connectivity index (χ1v) is 5.85. The lowest BCUT2D eigenvalue weighted by Gasteiger charge is -2.13. The highest BCUT2D eigenvalue weighted by atomic mass is 15.3. The summed E-state index contributed by atoms with van der Waals surface area (Å²) in [5, 5.41) is 7.89. The molecule has 1 aromatic rings. The second-order valence-corrected chi connectivity index (χ2v) is 4.86. The highest BCUT2D eigenvalue weighted by Gasteiger charge is 2.39. The standard InChI is InChI=1S/C12H21N3/c1-4-12(5-6-12)9-13-8-11-7-10(2)14-15(11)3/h7,13H,4-6,8-9H2,1-3H3. The molecule has 1 aliphatic rings. The van der Waals surface area contributed by atoms with Gasteiger partial charge < -0.3 is 5.32 Å². The third-order valence-electron chi connectivity index (χ3n) is 3.61. The Morgan fingerprint density at radius 3 is 2.73 bits per heavy atom. The van der Waals surface area contributed by atoms with Gasteiger partial charge in [0.2, 0.25) is 0 Å². The molecule has 0 unspecified atom stereocenters. The number of nitrogens with one attached hydrogen (secondary N) is 1. The van der Waals surface area contributed by atoms with Gasteiger partial charge in [0.15, 0.2) is 0 Å². The van der Waals surface area contributed by atoms with Gasteiger partial charge in [0.05, 0.1) is 11.4 Å². The molecule has 0 atom stereocenters. The van der Waals surface area contributed by atoms with Gasteiger partial charge in [-0.15, -0.1) is 0 Å². The van der Waals surface area contributed by atoms with Crippen LogP contribution in [0.5, 0.6) is 0 Å². The summed E-state index contributed by atoms with van der Waals surface area (Å²) >= 11 is 0. The third kappa shape index (κ3) is 2.40. The summed E-state index contributed by atoms with van der Waals surface area (Å²) in [7, 11) is 2.01. The number of hydrogen-bond donors (Lipinski definition) is 1. The molecular weight excluding hydrogens is 186 g/mol. The van der Waals surface area contributed by atoms with Crippen LogP contribution in [0.1, 0.15) is 37.6 Å². The maximum absolute atomic E-state index is 4.34. The summed E-state index contributed by atoms with van der Waals surface area (Å²) in [6.45, 7) is 6.44. The molecule has 1 N–H and O–H groups in total. The van der Waals surface area contributed by atoms with Crippen molar-refractivity contribution in [3.05, 3.63) is 17.5 Å². The summed E-state index contributed by atoms with van der Waals surface area (Å²) < 4.78 is 1.97. The molecule has 0 spiro atoms. The molecule has 0 aromatic carbocycles. The highest BCUT2D eigenvalue weighted by Crippen LogP contribution is 2.47. The van der Waals surface area contributed by atoms with E-state index in [1.807, 2.05) is 18.7 Å². The van der Waals surface area contributed by atoms with Crippen LogP contribution in [0.3, 0.4) is 0 Å². The van der Waals surface area contributed by atoms with E-state index in [2.05, 4.69) is 23.4 Å². The minimum atomic E-state index is 0.633. The molecule has 0 amide bonds. The van der Waals surface area contributed by atoms with Gasteiger partial charge in [-0.2, -0.15) is 5.10 Å². The van der Waals surface area contributed by atoms with E-state index in [1.165, 1.54) is 25.0 Å². The van der Waals surface area contributed by atoms with Crippen LogP contribution in [0, 0.1) is 12.3 Å². The van der Waals surface area contributed by atoms with E-state index in [9.17, 15) is 0 Å². The molecule has 3 heteroatoms. The lowest BCUT2D eigenvalue weighted by atomic mass is 10.0. The molecule has 2 rings (SSSR count). The Bertz CT molecular complexity index is 337. The first-order valence-electron chi connectivity index (χ1n) is 5.85. The van der Waals surface area contributed by atoms with Crippen molar-refractivity contribution in [3.63, 3.8) is 0 Å². The van der Waals surface area contributed by atoms with E-state index < -0.39 is 0 Å². The zero-order chi connectivity index (χ0) is 10.9. The van der Waals surface area contributed by atoms with E-state index in [4.69, 9.17) is 0 Å². The second-order valence-electron chi connectivity index (χ2n) is 4.86. The Labute approximate surface area is 91.9 Å². The van der Waals surface area contributed by atoms with Crippen LogP contribution >= 0.6 is 0 Å². The molecule has 15 heavy (non-hydrogen) atoms. The molecule has 0 aliphatic heterocycles. The maximum Gasteiger partial charge on any atom is 0.0597 e. The largest absolute Gasteiger partial charge is 0.311 e. The fourth-order valence-electron chi connectivity index (χ4n) is 2.12. The SMILES string of the molecule is CCC1(CNCc2cc(C)nn2C)CC1. The zero-order valence-electron chi connectivity index (χ0n) is 10.0. The van der Waals surface area contributed by atoms with Gasteiger partial charge in [-0.3, -0.25) is 4.68 Å². The Morgan fingerprint density at radius 2 is 2.27 bits per heavy atom. The molecule has 0 radical (unpaired) electrons. The van der Waals surface area contributed by atoms with E-state index >= 15 is 0 Å². The fraction of sp³-hybridized carbons (Fsp3) is 0.750. The number of rotatable bonds is 5. The van der Waals surface area contributed by atoms with Crippen molar-refractivity contribution in [2.24, 2.45) is 12.5 Å². The third-order valence-corrected chi connectivity index (χ3v) is 3.61. The molecule has 1 aliphatic carbocycles. The fourth-order valence-corrected chi connectivity index (χ4v) is 2.12. The predicted molar refractivity (Wildman–Crippen MR) is 61.6 cm³/mol. The van der Waals surface area contributed by atoms with Gasteiger partial charge in [-0.05, 0) is 37.7 Å².